The molecule has 1 aromatic heterocycles. The van der Waals surface area contributed by atoms with Crippen molar-refractivity contribution < 1.29 is 9.53 Å². The van der Waals surface area contributed by atoms with E-state index in [2.05, 4.69) is 47.4 Å². The van der Waals surface area contributed by atoms with Gasteiger partial charge >= 0.3 is 0 Å². The highest BCUT2D eigenvalue weighted by molar-refractivity contribution is 7.13. The molecule has 0 atom stereocenters. The number of ether oxygens (including phenoxy) is 1. The molecule has 3 heterocycles. The Hall–Kier alpha value is -2.54. The van der Waals surface area contributed by atoms with Gasteiger partial charge < -0.3 is 9.64 Å². The maximum Gasteiger partial charge on any atom is 0.228 e. The maximum atomic E-state index is 12.9. The van der Waals surface area contributed by atoms with E-state index in [0.717, 1.165) is 62.1 Å². The minimum Gasteiger partial charge on any atom is -0.379 e. The zero-order chi connectivity index (χ0) is 21.0. The highest BCUT2D eigenvalue weighted by atomic mass is 32.1. The molecule has 1 saturated heterocycles. The van der Waals surface area contributed by atoms with Crippen LogP contribution >= 0.6 is 11.3 Å². The molecule has 5 nitrogen and oxygen atoms in total. The van der Waals surface area contributed by atoms with Crippen molar-refractivity contribution in [3.63, 3.8) is 0 Å². The van der Waals surface area contributed by atoms with Crippen LogP contribution in [0.5, 0.6) is 0 Å². The monoisotopic (exact) mass is 433 g/mol. The van der Waals surface area contributed by atoms with Crippen LogP contribution in [0.3, 0.4) is 0 Å². The molecule has 0 aliphatic carbocycles. The number of carbonyl (C=O) groups excluding carboxylic acids is 1. The molecule has 0 spiro atoms. The van der Waals surface area contributed by atoms with Gasteiger partial charge in [-0.3, -0.25) is 9.69 Å². The molecule has 0 saturated carbocycles. The average molecular weight is 434 g/mol. The van der Waals surface area contributed by atoms with Gasteiger partial charge in [0.2, 0.25) is 5.91 Å². The van der Waals surface area contributed by atoms with Gasteiger partial charge in [-0.25, -0.2) is 4.98 Å². The summed E-state index contributed by atoms with van der Waals surface area (Å²) in [6.07, 6.45) is 1.30. The van der Waals surface area contributed by atoms with Crippen molar-refractivity contribution >= 4 is 17.2 Å². The van der Waals surface area contributed by atoms with E-state index in [0.29, 0.717) is 13.0 Å². The molecule has 2 aromatic carbocycles. The van der Waals surface area contributed by atoms with Crippen LogP contribution in [-0.4, -0.2) is 53.5 Å². The highest BCUT2D eigenvalue weighted by Crippen LogP contribution is 2.26. The Balaban J connectivity index is 1.23. The first-order valence-corrected chi connectivity index (χ1v) is 11.8. The number of hydrogen-bond donors (Lipinski definition) is 0. The number of hydrogen-bond acceptors (Lipinski definition) is 5. The minimum atomic E-state index is 0.160. The van der Waals surface area contributed by atoms with Gasteiger partial charge in [0, 0.05) is 43.7 Å². The Kier molecular flexibility index (Phi) is 6.11. The van der Waals surface area contributed by atoms with Gasteiger partial charge in [-0.2, -0.15) is 0 Å². The molecule has 0 unspecified atom stereocenters. The van der Waals surface area contributed by atoms with E-state index >= 15 is 0 Å². The van der Waals surface area contributed by atoms with Crippen LogP contribution in [0.4, 0.5) is 0 Å². The van der Waals surface area contributed by atoms with E-state index in [9.17, 15) is 4.79 Å². The predicted molar refractivity (Wildman–Crippen MR) is 123 cm³/mol. The van der Waals surface area contributed by atoms with Crippen molar-refractivity contribution in [2.24, 2.45) is 0 Å². The lowest BCUT2D eigenvalue weighted by Gasteiger charge is -2.28. The summed E-state index contributed by atoms with van der Waals surface area (Å²) in [5.74, 6) is 0.160. The van der Waals surface area contributed by atoms with Crippen molar-refractivity contribution in [1.29, 1.82) is 0 Å². The van der Waals surface area contributed by atoms with Gasteiger partial charge in [0.05, 0.1) is 25.3 Å². The van der Waals surface area contributed by atoms with Crippen molar-refractivity contribution in [2.75, 3.05) is 32.8 Å². The highest BCUT2D eigenvalue weighted by Gasteiger charge is 2.21. The summed E-state index contributed by atoms with van der Waals surface area (Å²) in [6, 6.07) is 17.0. The van der Waals surface area contributed by atoms with Crippen LogP contribution in [0.15, 0.2) is 53.9 Å². The molecule has 31 heavy (non-hydrogen) atoms. The SMILES string of the molecule is O=C(Cc1csc(-c2cccc(CN3CCOCC3)c2)n1)N1CCc2ccccc2C1. The van der Waals surface area contributed by atoms with Gasteiger partial charge in [-0.1, -0.05) is 42.5 Å². The first-order chi connectivity index (χ1) is 15.2. The third kappa shape index (κ3) is 4.87. The van der Waals surface area contributed by atoms with Gasteiger partial charge in [0.25, 0.3) is 0 Å². The number of thiazole rings is 1. The molecule has 2 aliphatic rings. The van der Waals surface area contributed by atoms with E-state index in [1.165, 1.54) is 16.7 Å². The zero-order valence-electron chi connectivity index (χ0n) is 17.6. The average Bonchev–Trinajstić information content (AvgIpc) is 3.28. The predicted octanol–water partition coefficient (Wildman–Crippen LogP) is 3.77. The molecule has 6 heteroatoms. The number of amides is 1. The lowest BCUT2D eigenvalue weighted by molar-refractivity contribution is -0.131. The van der Waals surface area contributed by atoms with Gasteiger partial charge in [0.15, 0.2) is 0 Å². The van der Waals surface area contributed by atoms with Crippen molar-refractivity contribution in [1.82, 2.24) is 14.8 Å². The molecular weight excluding hydrogens is 406 g/mol. The molecule has 0 N–H and O–H groups in total. The smallest absolute Gasteiger partial charge is 0.228 e. The number of aromatic nitrogens is 1. The Labute approximate surface area is 187 Å². The first kappa shape index (κ1) is 20.4. The molecule has 5 rings (SSSR count). The second-order valence-electron chi connectivity index (χ2n) is 8.24. The van der Waals surface area contributed by atoms with Crippen molar-refractivity contribution in [3.8, 4) is 10.6 Å². The van der Waals surface area contributed by atoms with Crippen LogP contribution in [-0.2, 0) is 35.5 Å². The molecule has 1 fully saturated rings. The fraction of sp³-hybridized carbons (Fsp3) is 0.360. The Morgan fingerprint density at radius 2 is 1.87 bits per heavy atom. The number of morpholine rings is 1. The van der Waals surface area contributed by atoms with E-state index in [4.69, 9.17) is 9.72 Å². The van der Waals surface area contributed by atoms with E-state index < -0.39 is 0 Å². The largest absolute Gasteiger partial charge is 0.379 e. The van der Waals surface area contributed by atoms with Gasteiger partial charge in [-0.05, 0) is 29.2 Å². The summed E-state index contributed by atoms with van der Waals surface area (Å²) < 4.78 is 5.45. The van der Waals surface area contributed by atoms with Gasteiger partial charge in [-0.15, -0.1) is 11.3 Å². The summed E-state index contributed by atoms with van der Waals surface area (Å²) in [4.78, 5) is 22.0. The van der Waals surface area contributed by atoms with E-state index in [1.54, 1.807) is 11.3 Å². The Morgan fingerprint density at radius 3 is 2.74 bits per heavy atom. The fourth-order valence-electron chi connectivity index (χ4n) is 4.32. The molecule has 3 aromatic rings. The molecule has 2 aliphatic heterocycles. The zero-order valence-corrected chi connectivity index (χ0v) is 18.4. The summed E-state index contributed by atoms with van der Waals surface area (Å²) in [5.41, 5.74) is 5.90. The molecular formula is C25H27N3O2S. The summed E-state index contributed by atoms with van der Waals surface area (Å²) >= 11 is 1.62. The van der Waals surface area contributed by atoms with Crippen LogP contribution in [0.1, 0.15) is 22.4 Å². The van der Waals surface area contributed by atoms with E-state index in [1.807, 2.05) is 16.3 Å². The van der Waals surface area contributed by atoms with Crippen LogP contribution in [0, 0.1) is 0 Å². The molecule has 0 radical (unpaired) electrons. The third-order valence-electron chi connectivity index (χ3n) is 6.05. The standard InChI is InChI=1S/C25H27N3O2S/c29-24(28-9-8-20-5-1-2-6-22(20)17-28)15-23-18-31-25(26-23)21-7-3-4-19(14-21)16-27-10-12-30-13-11-27/h1-7,14,18H,8-13,15-17H2. The topological polar surface area (TPSA) is 45.7 Å². The van der Waals surface area contributed by atoms with Crippen LogP contribution < -0.4 is 0 Å². The number of rotatable bonds is 5. The van der Waals surface area contributed by atoms with Gasteiger partial charge in [0.1, 0.15) is 5.01 Å². The first-order valence-electron chi connectivity index (χ1n) is 10.9. The molecule has 1 amide bonds. The second kappa shape index (κ2) is 9.30. The van der Waals surface area contributed by atoms with Crippen LogP contribution in [0.2, 0.25) is 0 Å². The quantitative estimate of drug-likeness (QED) is 0.615. The lowest BCUT2D eigenvalue weighted by atomic mass is 10.00. The summed E-state index contributed by atoms with van der Waals surface area (Å²) in [5, 5.41) is 3.01. The lowest BCUT2D eigenvalue weighted by Crippen LogP contribution is -2.36. The normalized spacial score (nSPS) is 16.8. The molecule has 160 valence electrons. The number of nitrogens with zero attached hydrogens (tertiary/aromatic N) is 3. The van der Waals surface area contributed by atoms with E-state index in [-0.39, 0.29) is 5.91 Å². The maximum absolute atomic E-state index is 12.9. The minimum absolute atomic E-state index is 0.160. The number of benzene rings is 2. The Morgan fingerprint density at radius 1 is 1.03 bits per heavy atom. The van der Waals surface area contributed by atoms with Crippen LogP contribution in [0.25, 0.3) is 10.6 Å². The van der Waals surface area contributed by atoms with Crippen molar-refractivity contribution in [2.45, 2.75) is 25.9 Å². The Bertz CT molecular complexity index is 1060. The fourth-order valence-corrected chi connectivity index (χ4v) is 5.13. The van der Waals surface area contributed by atoms with Crippen molar-refractivity contribution in [3.05, 3.63) is 76.3 Å². The third-order valence-corrected chi connectivity index (χ3v) is 6.99. The number of carbonyl (C=O) groups is 1. The summed E-state index contributed by atoms with van der Waals surface area (Å²) in [6.45, 7) is 6.01. The second-order valence-corrected chi connectivity index (χ2v) is 9.10. The number of fused-ring (bicyclic) bond motifs is 1. The molecule has 0 bridgehead atoms. The summed E-state index contributed by atoms with van der Waals surface area (Å²) in [7, 11) is 0.